The predicted molar refractivity (Wildman–Crippen MR) is 130 cm³/mol. The lowest BCUT2D eigenvalue weighted by Gasteiger charge is -2.20. The largest absolute Gasteiger partial charge is 0.511 e. The number of H-pyrrole nitrogens is 1. The molecule has 0 bridgehead atoms. The zero-order chi connectivity index (χ0) is 23.4. The fourth-order valence-corrected chi connectivity index (χ4v) is 4.39. The summed E-state index contributed by atoms with van der Waals surface area (Å²) in [4.78, 5) is 26.3. The molecule has 8 nitrogen and oxygen atoms in total. The summed E-state index contributed by atoms with van der Waals surface area (Å²) in [6.07, 6.45) is -0.419. The SMILES string of the molecule is CC1CCc2c([nH]c(=O)c(OC(=O)O)c2O)-c2cc3cc(CNC(C)(C)C)n(C)c3cc21.Cl. The van der Waals surface area contributed by atoms with Crippen LogP contribution in [0, 0.1) is 0 Å². The molecule has 1 aliphatic carbocycles. The molecule has 0 aliphatic heterocycles. The molecule has 4 rings (SSSR count). The van der Waals surface area contributed by atoms with Gasteiger partial charge in [-0.1, -0.05) is 6.92 Å². The maximum atomic E-state index is 12.5. The molecule has 0 amide bonds. The van der Waals surface area contributed by atoms with Gasteiger partial charge in [0, 0.05) is 46.9 Å². The highest BCUT2D eigenvalue weighted by Crippen LogP contribution is 2.43. The van der Waals surface area contributed by atoms with Gasteiger partial charge >= 0.3 is 6.16 Å². The van der Waals surface area contributed by atoms with Crippen LogP contribution in [0.4, 0.5) is 4.79 Å². The Kier molecular flexibility index (Phi) is 6.55. The Morgan fingerprint density at radius 2 is 2.00 bits per heavy atom. The molecule has 3 aromatic rings. The third kappa shape index (κ3) is 4.58. The minimum absolute atomic E-state index is 0. The Bertz CT molecular complexity index is 1290. The van der Waals surface area contributed by atoms with Crippen LogP contribution in [-0.2, 0) is 20.0 Å². The van der Waals surface area contributed by atoms with Crippen molar-refractivity contribution in [2.75, 3.05) is 0 Å². The predicted octanol–water partition coefficient (Wildman–Crippen LogP) is 4.66. The number of pyridine rings is 1. The van der Waals surface area contributed by atoms with Crippen molar-refractivity contribution in [2.45, 2.75) is 58.5 Å². The van der Waals surface area contributed by atoms with Crippen molar-refractivity contribution < 1.29 is 19.7 Å². The summed E-state index contributed by atoms with van der Waals surface area (Å²) in [6.45, 7) is 9.22. The van der Waals surface area contributed by atoms with Gasteiger partial charge < -0.3 is 29.8 Å². The van der Waals surface area contributed by atoms with Crippen molar-refractivity contribution in [3.05, 3.63) is 45.4 Å². The van der Waals surface area contributed by atoms with Gasteiger partial charge in [0.1, 0.15) is 0 Å². The second kappa shape index (κ2) is 8.76. The molecule has 1 aromatic carbocycles. The molecule has 4 N–H and O–H groups in total. The van der Waals surface area contributed by atoms with E-state index in [0.717, 1.165) is 40.7 Å². The fraction of sp³-hybridized carbons (Fsp3) is 0.417. The number of nitrogens with one attached hydrogen (secondary N) is 2. The van der Waals surface area contributed by atoms with Gasteiger partial charge in [-0.25, -0.2) is 4.79 Å². The maximum Gasteiger partial charge on any atom is 0.511 e. The quantitative estimate of drug-likeness (QED) is 0.409. The molecule has 0 saturated carbocycles. The third-order valence-electron chi connectivity index (χ3n) is 6.18. The van der Waals surface area contributed by atoms with Crippen molar-refractivity contribution in [3.8, 4) is 22.8 Å². The molecular formula is C24H30ClN3O5. The topological polar surface area (TPSA) is 117 Å². The summed E-state index contributed by atoms with van der Waals surface area (Å²) in [7, 11) is 2.05. The molecule has 0 fully saturated rings. The zero-order valence-corrected chi connectivity index (χ0v) is 20.2. The van der Waals surface area contributed by atoms with Crippen LogP contribution < -0.4 is 15.6 Å². The normalized spacial score (nSPS) is 15.4. The number of hydrogen-bond acceptors (Lipinski definition) is 5. The Morgan fingerprint density at radius 1 is 1.30 bits per heavy atom. The first-order valence-electron chi connectivity index (χ1n) is 10.7. The van der Waals surface area contributed by atoms with Gasteiger partial charge in [-0.2, -0.15) is 0 Å². The highest BCUT2D eigenvalue weighted by Gasteiger charge is 2.27. The number of ether oxygens (including phenoxy) is 1. The molecule has 0 radical (unpaired) electrons. The van der Waals surface area contributed by atoms with E-state index < -0.39 is 23.2 Å². The third-order valence-corrected chi connectivity index (χ3v) is 6.18. The van der Waals surface area contributed by atoms with Gasteiger partial charge in [0.15, 0.2) is 5.75 Å². The number of aromatic nitrogens is 2. The number of aryl methyl sites for hydroxylation is 1. The molecule has 1 unspecified atom stereocenters. The van der Waals surface area contributed by atoms with E-state index in [9.17, 15) is 14.7 Å². The fourth-order valence-electron chi connectivity index (χ4n) is 4.39. The number of aromatic hydroxyl groups is 1. The van der Waals surface area contributed by atoms with Gasteiger partial charge in [0.05, 0.1) is 5.69 Å². The average molecular weight is 476 g/mol. The van der Waals surface area contributed by atoms with Crippen molar-refractivity contribution >= 4 is 29.5 Å². The van der Waals surface area contributed by atoms with Crippen molar-refractivity contribution in [1.29, 1.82) is 0 Å². The monoisotopic (exact) mass is 475 g/mol. The van der Waals surface area contributed by atoms with E-state index in [1.54, 1.807) is 0 Å². The number of benzene rings is 1. The molecule has 0 saturated heterocycles. The zero-order valence-electron chi connectivity index (χ0n) is 19.4. The Hall–Kier alpha value is -2.97. The minimum Gasteiger partial charge on any atom is -0.504 e. The van der Waals surface area contributed by atoms with Crippen LogP contribution >= 0.6 is 12.4 Å². The van der Waals surface area contributed by atoms with Crippen LogP contribution in [0.5, 0.6) is 11.5 Å². The summed E-state index contributed by atoms with van der Waals surface area (Å²) >= 11 is 0. The van der Waals surface area contributed by atoms with Crippen molar-refractivity contribution in [1.82, 2.24) is 14.9 Å². The van der Waals surface area contributed by atoms with E-state index in [-0.39, 0.29) is 23.9 Å². The minimum atomic E-state index is -1.64. The second-order valence-electron chi connectivity index (χ2n) is 9.59. The maximum absolute atomic E-state index is 12.5. The Morgan fingerprint density at radius 3 is 2.64 bits per heavy atom. The first kappa shape index (κ1) is 24.7. The van der Waals surface area contributed by atoms with Gasteiger partial charge in [-0.05, 0) is 63.3 Å². The summed E-state index contributed by atoms with van der Waals surface area (Å²) in [5.41, 5.74) is 4.40. The number of hydrogen-bond donors (Lipinski definition) is 4. The summed E-state index contributed by atoms with van der Waals surface area (Å²) in [6, 6.07) is 6.32. The van der Waals surface area contributed by atoms with Gasteiger partial charge in [-0.3, -0.25) is 4.79 Å². The first-order chi connectivity index (χ1) is 15.0. The smallest absolute Gasteiger partial charge is 0.504 e. The number of rotatable bonds is 3. The molecule has 2 heterocycles. The number of carboxylic acid groups (broad SMARTS) is 1. The van der Waals surface area contributed by atoms with Crippen LogP contribution in [0.25, 0.3) is 22.2 Å². The van der Waals surface area contributed by atoms with Crippen molar-refractivity contribution in [2.24, 2.45) is 7.05 Å². The van der Waals surface area contributed by atoms with E-state index >= 15 is 0 Å². The van der Waals surface area contributed by atoms with Crippen LogP contribution in [0.2, 0.25) is 0 Å². The van der Waals surface area contributed by atoms with E-state index in [1.165, 1.54) is 0 Å². The number of nitrogens with zero attached hydrogens (tertiary/aromatic N) is 1. The lowest BCUT2D eigenvalue weighted by atomic mass is 9.92. The standard InChI is InChI=1S/C24H29N3O5.ClH/c1-12-6-7-15-19(26-22(29)21(20(15)28)32-23(30)31)17-9-13-8-14(11-25-24(2,3)4)27(5)18(13)10-16(12)17;/h8-10,12,25H,6-7,11H2,1-5H3,(H,30,31)(H2,26,28,29);1H. The Labute approximate surface area is 198 Å². The van der Waals surface area contributed by atoms with E-state index in [0.29, 0.717) is 17.7 Å². The van der Waals surface area contributed by atoms with Crippen LogP contribution in [-0.4, -0.2) is 31.5 Å². The number of halogens is 1. The summed E-state index contributed by atoms with van der Waals surface area (Å²) in [5.74, 6) is -0.808. The highest BCUT2D eigenvalue weighted by atomic mass is 35.5. The van der Waals surface area contributed by atoms with Crippen molar-refractivity contribution in [3.63, 3.8) is 0 Å². The summed E-state index contributed by atoms with van der Waals surface area (Å²) < 4.78 is 6.73. The number of fused-ring (bicyclic) bond motifs is 4. The molecule has 9 heteroatoms. The molecule has 2 aromatic heterocycles. The first-order valence-corrected chi connectivity index (χ1v) is 10.7. The Balaban J connectivity index is 0.00000306. The van der Waals surface area contributed by atoms with Crippen LogP contribution in [0.3, 0.4) is 0 Å². The average Bonchev–Trinajstić information content (AvgIpc) is 2.94. The molecule has 0 spiro atoms. The van der Waals surface area contributed by atoms with E-state index in [2.05, 4.69) is 59.4 Å². The van der Waals surface area contributed by atoms with Crippen LogP contribution in [0.1, 0.15) is 56.9 Å². The highest BCUT2D eigenvalue weighted by molar-refractivity contribution is 5.89. The lowest BCUT2D eigenvalue weighted by Crippen LogP contribution is -2.35. The number of carbonyl (C=O) groups is 1. The lowest BCUT2D eigenvalue weighted by molar-refractivity contribution is 0.142. The second-order valence-corrected chi connectivity index (χ2v) is 9.59. The molecule has 1 atom stereocenters. The van der Waals surface area contributed by atoms with E-state index in [4.69, 9.17) is 5.11 Å². The van der Waals surface area contributed by atoms with Gasteiger partial charge in [0.2, 0.25) is 5.75 Å². The summed E-state index contributed by atoms with van der Waals surface area (Å²) in [5, 5.41) is 24.2. The molecule has 1 aliphatic rings. The van der Waals surface area contributed by atoms with Gasteiger partial charge in [0.25, 0.3) is 5.56 Å². The molecule has 178 valence electrons. The number of aromatic amines is 1. The molecular weight excluding hydrogens is 446 g/mol. The van der Waals surface area contributed by atoms with Gasteiger partial charge in [-0.15, -0.1) is 12.4 Å². The van der Waals surface area contributed by atoms with E-state index in [1.807, 2.05) is 13.1 Å². The van der Waals surface area contributed by atoms with Crippen LogP contribution in [0.15, 0.2) is 23.0 Å². The molecule has 33 heavy (non-hydrogen) atoms.